The first-order valence-electron chi connectivity index (χ1n) is 9.13. The third-order valence-corrected chi connectivity index (χ3v) is 4.42. The molecule has 0 aromatic heterocycles. The molecule has 2 aromatic rings. The van der Waals surface area contributed by atoms with E-state index >= 15 is 0 Å². The van der Waals surface area contributed by atoms with Crippen molar-refractivity contribution in [3.63, 3.8) is 0 Å². The van der Waals surface area contributed by atoms with Crippen molar-refractivity contribution in [1.82, 2.24) is 0 Å². The largest absolute Gasteiger partial charge is 0.489 e. The molecule has 3 nitrogen and oxygen atoms in total. The summed E-state index contributed by atoms with van der Waals surface area (Å²) < 4.78 is 96.7. The molecule has 0 aliphatic carbocycles. The fourth-order valence-corrected chi connectivity index (χ4v) is 3.02. The summed E-state index contributed by atoms with van der Waals surface area (Å²) in [5.41, 5.74) is -4.55. The van der Waals surface area contributed by atoms with E-state index in [0.717, 1.165) is 30.9 Å². The van der Waals surface area contributed by atoms with Crippen molar-refractivity contribution in [2.45, 2.75) is 44.3 Å². The Hall–Kier alpha value is -2.26. The minimum Gasteiger partial charge on any atom is -0.489 e. The Morgan fingerprint density at radius 2 is 1.50 bits per heavy atom. The Labute approximate surface area is 170 Å². The average molecular weight is 436 g/mol. The molecule has 30 heavy (non-hydrogen) atoms. The van der Waals surface area contributed by atoms with E-state index in [9.17, 15) is 26.3 Å². The summed E-state index contributed by atoms with van der Waals surface area (Å²) in [6.07, 6.45) is -10.8. The molecule has 0 radical (unpaired) electrons. The molecule has 0 saturated heterocycles. The fourth-order valence-electron chi connectivity index (χ4n) is 3.02. The Bertz CT molecular complexity index is 789. The van der Waals surface area contributed by atoms with Gasteiger partial charge in [-0.3, -0.25) is 0 Å². The minimum atomic E-state index is -5.76. The van der Waals surface area contributed by atoms with Crippen molar-refractivity contribution < 1.29 is 40.6 Å². The number of halogens is 6. The molecule has 0 fully saturated rings. The molecule has 0 unspecified atom stereocenters. The minimum absolute atomic E-state index is 0.126. The first-order chi connectivity index (χ1) is 14.1. The van der Waals surface area contributed by atoms with Crippen LogP contribution in [0.2, 0.25) is 0 Å². The van der Waals surface area contributed by atoms with Gasteiger partial charge >= 0.3 is 12.4 Å². The molecule has 0 aliphatic rings. The predicted molar refractivity (Wildman–Crippen MR) is 98.0 cm³/mol. The Balaban J connectivity index is 2.50. The summed E-state index contributed by atoms with van der Waals surface area (Å²) in [5, 5.41) is 0. The number of hydrogen-bond acceptors (Lipinski definition) is 3. The summed E-state index contributed by atoms with van der Waals surface area (Å²) in [6.45, 7) is 0.699. The van der Waals surface area contributed by atoms with E-state index in [0.29, 0.717) is 6.42 Å². The van der Waals surface area contributed by atoms with Gasteiger partial charge in [0.25, 0.3) is 5.60 Å². The lowest BCUT2D eigenvalue weighted by Gasteiger charge is -2.37. The number of ether oxygens (including phenoxy) is 3. The van der Waals surface area contributed by atoms with Crippen molar-refractivity contribution >= 4 is 0 Å². The maximum absolute atomic E-state index is 13.7. The molecule has 9 heteroatoms. The van der Waals surface area contributed by atoms with Gasteiger partial charge in [0.15, 0.2) is 0 Å². The molecular formula is C21H22F6O3. The second kappa shape index (κ2) is 9.70. The van der Waals surface area contributed by atoms with Crippen LogP contribution in [0.25, 0.3) is 0 Å². The molecule has 2 aromatic carbocycles. The molecule has 0 heterocycles. The number of methoxy groups -OCH3 is 1. The molecule has 0 amide bonds. The number of aryl methyl sites for hydroxylation is 1. The Morgan fingerprint density at radius 1 is 0.867 bits per heavy atom. The van der Waals surface area contributed by atoms with Gasteiger partial charge in [0.1, 0.15) is 19.1 Å². The van der Waals surface area contributed by atoms with E-state index in [-0.39, 0.29) is 24.3 Å². The van der Waals surface area contributed by atoms with Crippen LogP contribution in [0.5, 0.6) is 5.75 Å². The highest BCUT2D eigenvalue weighted by Gasteiger charge is 2.73. The zero-order valence-corrected chi connectivity index (χ0v) is 16.4. The standard InChI is InChI=1S/C21H22F6O3/c1-3-7-16-12-17(10-11-18(16)29-13-15-8-5-4-6-9-15)19(20(22,23)24,21(25,26)27)30-14-28-2/h4-6,8-12H,3,7,13-14H2,1-2H3. The van der Waals surface area contributed by atoms with E-state index in [2.05, 4.69) is 9.47 Å². The lowest BCUT2D eigenvalue weighted by molar-refractivity contribution is -0.400. The van der Waals surface area contributed by atoms with E-state index in [1.807, 2.05) is 6.07 Å². The third-order valence-electron chi connectivity index (χ3n) is 4.42. The van der Waals surface area contributed by atoms with Gasteiger partial charge < -0.3 is 14.2 Å². The number of hydrogen-bond donors (Lipinski definition) is 0. The van der Waals surface area contributed by atoms with E-state index < -0.39 is 30.3 Å². The number of rotatable bonds is 9. The zero-order valence-electron chi connectivity index (χ0n) is 16.4. The second-order valence-corrected chi connectivity index (χ2v) is 6.57. The van der Waals surface area contributed by atoms with Crippen LogP contribution < -0.4 is 4.74 Å². The van der Waals surface area contributed by atoms with Crippen LogP contribution in [-0.4, -0.2) is 26.3 Å². The van der Waals surface area contributed by atoms with Crippen LogP contribution in [-0.2, 0) is 28.1 Å². The predicted octanol–water partition coefficient (Wildman–Crippen LogP) is 6.16. The van der Waals surface area contributed by atoms with Crippen LogP contribution in [0.3, 0.4) is 0 Å². The molecule has 0 N–H and O–H groups in total. The van der Waals surface area contributed by atoms with Crippen molar-refractivity contribution in [1.29, 1.82) is 0 Å². The first-order valence-corrected chi connectivity index (χ1v) is 9.13. The van der Waals surface area contributed by atoms with Gasteiger partial charge in [0.05, 0.1) is 0 Å². The van der Waals surface area contributed by atoms with Crippen LogP contribution in [0.15, 0.2) is 48.5 Å². The third kappa shape index (κ3) is 5.07. The Kier molecular flexibility index (Phi) is 7.76. The maximum Gasteiger partial charge on any atom is 0.430 e. The zero-order chi connectivity index (χ0) is 22.4. The summed E-state index contributed by atoms with van der Waals surface area (Å²) >= 11 is 0. The van der Waals surface area contributed by atoms with E-state index in [4.69, 9.17) is 4.74 Å². The smallest absolute Gasteiger partial charge is 0.430 e. The van der Waals surface area contributed by atoms with Gasteiger partial charge in [0.2, 0.25) is 0 Å². The number of alkyl halides is 6. The molecule has 166 valence electrons. The second-order valence-electron chi connectivity index (χ2n) is 6.57. The molecule has 0 spiro atoms. The lowest BCUT2D eigenvalue weighted by Crippen LogP contribution is -2.56. The highest BCUT2D eigenvalue weighted by atomic mass is 19.4. The topological polar surface area (TPSA) is 27.7 Å². The van der Waals surface area contributed by atoms with Crippen molar-refractivity contribution in [3.05, 3.63) is 65.2 Å². The summed E-state index contributed by atoms with van der Waals surface area (Å²) in [5.74, 6) is 0.217. The Morgan fingerprint density at radius 3 is 2.03 bits per heavy atom. The summed E-state index contributed by atoms with van der Waals surface area (Å²) in [4.78, 5) is 0. The van der Waals surface area contributed by atoms with Crippen LogP contribution >= 0.6 is 0 Å². The summed E-state index contributed by atoms with van der Waals surface area (Å²) in [6, 6.07) is 11.7. The van der Waals surface area contributed by atoms with Crippen LogP contribution in [0.1, 0.15) is 30.0 Å². The number of benzene rings is 2. The van der Waals surface area contributed by atoms with Crippen molar-refractivity contribution in [2.75, 3.05) is 13.9 Å². The van der Waals surface area contributed by atoms with Gasteiger partial charge in [-0.1, -0.05) is 49.7 Å². The molecule has 0 bridgehead atoms. The monoisotopic (exact) mass is 436 g/mol. The lowest BCUT2D eigenvalue weighted by atomic mass is 9.89. The normalized spacial score (nSPS) is 12.8. The van der Waals surface area contributed by atoms with Crippen molar-refractivity contribution in [3.8, 4) is 5.75 Å². The fraction of sp³-hybridized carbons (Fsp3) is 0.429. The summed E-state index contributed by atoms with van der Waals surface area (Å²) in [7, 11) is 0.945. The SMILES string of the molecule is CCCc1cc(C(OCOC)(C(F)(F)F)C(F)(F)F)ccc1OCc1ccccc1. The molecular weight excluding hydrogens is 414 g/mol. The van der Waals surface area contributed by atoms with Gasteiger partial charge in [0, 0.05) is 12.7 Å². The maximum atomic E-state index is 13.7. The highest BCUT2D eigenvalue weighted by molar-refractivity contribution is 5.41. The van der Waals surface area contributed by atoms with Crippen molar-refractivity contribution in [2.24, 2.45) is 0 Å². The molecule has 0 atom stereocenters. The highest BCUT2D eigenvalue weighted by Crippen LogP contribution is 2.53. The van der Waals surface area contributed by atoms with Crippen LogP contribution in [0, 0.1) is 0 Å². The average Bonchev–Trinajstić information content (AvgIpc) is 2.67. The quantitative estimate of drug-likeness (QED) is 0.348. The van der Waals surface area contributed by atoms with Gasteiger partial charge in [-0.25, -0.2) is 0 Å². The van der Waals surface area contributed by atoms with E-state index in [1.54, 1.807) is 31.2 Å². The molecule has 0 saturated carbocycles. The van der Waals surface area contributed by atoms with E-state index in [1.165, 1.54) is 0 Å². The molecule has 0 aliphatic heterocycles. The van der Waals surface area contributed by atoms with Gasteiger partial charge in [-0.2, -0.15) is 26.3 Å². The molecule has 2 rings (SSSR count). The first kappa shape index (κ1) is 24.0. The van der Waals surface area contributed by atoms with Gasteiger partial charge in [-0.15, -0.1) is 0 Å². The van der Waals surface area contributed by atoms with Gasteiger partial charge in [-0.05, 0) is 29.7 Å². The van der Waals surface area contributed by atoms with Crippen LogP contribution in [0.4, 0.5) is 26.3 Å².